The molecule has 4 nitrogen and oxygen atoms in total. The highest BCUT2D eigenvalue weighted by Crippen LogP contribution is 2.13. The van der Waals surface area contributed by atoms with Crippen molar-refractivity contribution in [2.75, 3.05) is 0 Å². The lowest BCUT2D eigenvalue weighted by molar-refractivity contribution is -0.259. The van der Waals surface area contributed by atoms with Gasteiger partial charge >= 0.3 is 11.9 Å². The second-order valence-corrected chi connectivity index (χ2v) is 8.77. The smallest absolute Gasteiger partial charge is 0.247 e. The van der Waals surface area contributed by atoms with Crippen molar-refractivity contribution < 1.29 is 19.4 Å². The Morgan fingerprint density at radius 2 is 0.633 bits per heavy atom. The maximum absolute atomic E-state index is 11.6. The molecule has 0 aromatic rings. The van der Waals surface area contributed by atoms with Gasteiger partial charge in [0, 0.05) is 0 Å². The van der Waals surface area contributed by atoms with Crippen LogP contribution in [0.4, 0.5) is 0 Å². The second kappa shape index (κ2) is 24.2. The van der Waals surface area contributed by atoms with E-state index >= 15 is 0 Å². The van der Waals surface area contributed by atoms with Crippen LogP contribution in [0, 0.1) is 0 Å². The van der Waals surface area contributed by atoms with Crippen molar-refractivity contribution in [2.45, 2.75) is 155 Å². The SMILES string of the molecule is CCCCCCCCCCCCCC(=O)OOC(=O)CCCCCCCCCCC. The molecule has 0 unspecified atom stereocenters. The molecular weight excluding hydrogens is 376 g/mol. The molecule has 0 spiro atoms. The molecule has 0 aliphatic heterocycles. The maximum atomic E-state index is 11.6. The first kappa shape index (κ1) is 28.9. The summed E-state index contributed by atoms with van der Waals surface area (Å²) < 4.78 is 0. The summed E-state index contributed by atoms with van der Waals surface area (Å²) in [6, 6.07) is 0. The molecule has 4 heteroatoms. The van der Waals surface area contributed by atoms with Gasteiger partial charge in [0.05, 0.1) is 12.8 Å². The molecule has 0 saturated carbocycles. The molecule has 0 aromatic carbocycles. The van der Waals surface area contributed by atoms with Gasteiger partial charge in [0.2, 0.25) is 0 Å². The Labute approximate surface area is 186 Å². The van der Waals surface area contributed by atoms with Gasteiger partial charge in [0.25, 0.3) is 0 Å². The summed E-state index contributed by atoms with van der Waals surface area (Å²) in [7, 11) is 0. The highest BCUT2D eigenvalue weighted by molar-refractivity contribution is 5.72. The molecule has 0 fully saturated rings. The normalized spacial score (nSPS) is 10.9. The van der Waals surface area contributed by atoms with Gasteiger partial charge in [0.1, 0.15) is 0 Å². The molecule has 0 rings (SSSR count). The van der Waals surface area contributed by atoms with Gasteiger partial charge in [-0.15, -0.1) is 0 Å². The first-order valence-corrected chi connectivity index (χ1v) is 13.1. The van der Waals surface area contributed by atoms with E-state index in [4.69, 9.17) is 0 Å². The van der Waals surface area contributed by atoms with E-state index in [0.717, 1.165) is 32.1 Å². The Morgan fingerprint density at radius 3 is 0.900 bits per heavy atom. The van der Waals surface area contributed by atoms with Crippen LogP contribution in [0.2, 0.25) is 0 Å². The number of rotatable bonds is 22. The lowest BCUT2D eigenvalue weighted by Gasteiger charge is -2.04. The number of hydrogen-bond acceptors (Lipinski definition) is 4. The Kier molecular flexibility index (Phi) is 23.4. The number of unbranched alkanes of at least 4 members (excludes halogenated alkanes) is 18. The van der Waals surface area contributed by atoms with Crippen LogP contribution in [0.15, 0.2) is 0 Å². The summed E-state index contributed by atoms with van der Waals surface area (Å²) in [6.45, 7) is 4.48. The van der Waals surface area contributed by atoms with Crippen LogP contribution in [0.1, 0.15) is 155 Å². The van der Waals surface area contributed by atoms with E-state index in [1.54, 1.807) is 0 Å². The molecule has 0 radical (unpaired) electrons. The van der Waals surface area contributed by atoms with Crippen molar-refractivity contribution in [1.82, 2.24) is 0 Å². The third-order valence-corrected chi connectivity index (χ3v) is 5.70. The quantitative estimate of drug-likeness (QED) is 0.0987. The third kappa shape index (κ3) is 23.2. The molecule has 0 amide bonds. The van der Waals surface area contributed by atoms with Gasteiger partial charge in [0.15, 0.2) is 0 Å². The molecule has 0 atom stereocenters. The minimum Gasteiger partial charge on any atom is -0.247 e. The van der Waals surface area contributed by atoms with Crippen molar-refractivity contribution in [3.8, 4) is 0 Å². The molecule has 0 bridgehead atoms. The highest BCUT2D eigenvalue weighted by atomic mass is 17.2. The number of carbonyl (C=O) groups excluding carboxylic acids is 2. The van der Waals surface area contributed by atoms with Gasteiger partial charge in [-0.3, -0.25) is 0 Å². The zero-order valence-electron chi connectivity index (χ0n) is 20.2. The van der Waals surface area contributed by atoms with E-state index in [-0.39, 0.29) is 0 Å². The average Bonchev–Trinajstić information content (AvgIpc) is 2.75. The highest BCUT2D eigenvalue weighted by Gasteiger charge is 2.09. The summed E-state index contributed by atoms with van der Waals surface area (Å²) in [6.07, 6.45) is 25.2. The molecule has 0 saturated heterocycles. The van der Waals surface area contributed by atoms with Crippen LogP contribution in [0.25, 0.3) is 0 Å². The topological polar surface area (TPSA) is 52.6 Å². The van der Waals surface area contributed by atoms with Crippen molar-refractivity contribution >= 4 is 11.9 Å². The lowest BCUT2D eigenvalue weighted by Crippen LogP contribution is -2.11. The minimum atomic E-state index is -0.426. The zero-order valence-corrected chi connectivity index (χ0v) is 20.2. The van der Waals surface area contributed by atoms with E-state index < -0.39 is 11.9 Å². The zero-order chi connectivity index (χ0) is 22.1. The van der Waals surface area contributed by atoms with Crippen LogP contribution >= 0.6 is 0 Å². The van der Waals surface area contributed by atoms with Crippen LogP contribution in [0.5, 0.6) is 0 Å². The standard InChI is InChI=1S/C26H50O4/c1-3-5-7-9-11-13-14-16-18-20-22-24-26(28)30-29-25(27)23-21-19-17-15-12-10-8-6-4-2/h3-24H2,1-2H3. The molecule has 178 valence electrons. The summed E-state index contributed by atoms with van der Waals surface area (Å²) in [5.74, 6) is -0.850. The Balaban J connectivity index is 3.30. The molecule has 0 heterocycles. The minimum absolute atomic E-state index is 0.335. The molecular formula is C26H50O4. The predicted octanol–water partition coefficient (Wildman–Crippen LogP) is 8.61. The Bertz CT molecular complexity index is 381. The van der Waals surface area contributed by atoms with Crippen LogP contribution in [-0.4, -0.2) is 11.9 Å². The molecule has 30 heavy (non-hydrogen) atoms. The van der Waals surface area contributed by atoms with E-state index in [9.17, 15) is 9.59 Å². The van der Waals surface area contributed by atoms with Gasteiger partial charge < -0.3 is 0 Å². The van der Waals surface area contributed by atoms with Gasteiger partial charge in [-0.05, 0) is 12.8 Å². The fourth-order valence-corrected chi connectivity index (χ4v) is 3.69. The van der Waals surface area contributed by atoms with Crippen molar-refractivity contribution in [2.24, 2.45) is 0 Å². The summed E-state index contributed by atoms with van der Waals surface area (Å²) >= 11 is 0. The second-order valence-electron chi connectivity index (χ2n) is 8.77. The number of carbonyl (C=O) groups is 2. The first-order chi connectivity index (χ1) is 14.7. The van der Waals surface area contributed by atoms with Crippen molar-refractivity contribution in [3.63, 3.8) is 0 Å². The maximum Gasteiger partial charge on any atom is 0.355 e. The summed E-state index contributed by atoms with van der Waals surface area (Å²) in [4.78, 5) is 32.5. The monoisotopic (exact) mass is 426 g/mol. The van der Waals surface area contributed by atoms with Crippen LogP contribution < -0.4 is 0 Å². The lowest BCUT2D eigenvalue weighted by atomic mass is 10.1. The largest absolute Gasteiger partial charge is 0.355 e. The van der Waals surface area contributed by atoms with Gasteiger partial charge in [-0.1, -0.05) is 129 Å². The Morgan fingerprint density at radius 1 is 0.400 bits per heavy atom. The molecule has 0 aromatic heterocycles. The molecule has 0 aliphatic carbocycles. The van der Waals surface area contributed by atoms with Gasteiger partial charge in [-0.2, -0.15) is 0 Å². The predicted molar refractivity (Wildman–Crippen MR) is 125 cm³/mol. The van der Waals surface area contributed by atoms with Gasteiger partial charge in [-0.25, -0.2) is 19.4 Å². The third-order valence-electron chi connectivity index (χ3n) is 5.70. The first-order valence-electron chi connectivity index (χ1n) is 13.1. The molecule has 0 aliphatic rings. The van der Waals surface area contributed by atoms with Crippen LogP contribution in [-0.2, 0) is 19.4 Å². The summed E-state index contributed by atoms with van der Waals surface area (Å²) in [5.41, 5.74) is 0. The molecule has 0 N–H and O–H groups in total. The van der Waals surface area contributed by atoms with E-state index in [1.165, 1.54) is 96.3 Å². The van der Waals surface area contributed by atoms with E-state index in [1.807, 2.05) is 0 Å². The van der Waals surface area contributed by atoms with Crippen molar-refractivity contribution in [3.05, 3.63) is 0 Å². The fourth-order valence-electron chi connectivity index (χ4n) is 3.69. The summed E-state index contributed by atoms with van der Waals surface area (Å²) in [5, 5.41) is 0. The van der Waals surface area contributed by atoms with Crippen molar-refractivity contribution in [1.29, 1.82) is 0 Å². The fraction of sp³-hybridized carbons (Fsp3) is 0.923. The van der Waals surface area contributed by atoms with Crippen LogP contribution in [0.3, 0.4) is 0 Å². The average molecular weight is 427 g/mol. The number of hydrogen-bond donors (Lipinski definition) is 0. The van der Waals surface area contributed by atoms with E-state index in [2.05, 4.69) is 23.6 Å². The van der Waals surface area contributed by atoms with E-state index in [0.29, 0.717) is 12.8 Å². The Hall–Kier alpha value is -1.06.